The molecule has 0 aliphatic heterocycles. The monoisotopic (exact) mass is 202 g/mol. The molecule has 0 aliphatic carbocycles. The van der Waals surface area contributed by atoms with E-state index in [4.69, 9.17) is 20.0 Å². The van der Waals surface area contributed by atoms with Crippen molar-refractivity contribution in [2.24, 2.45) is 0 Å². The van der Waals surface area contributed by atoms with Crippen LogP contribution in [0.25, 0.3) is 0 Å². The molecule has 0 heterocycles. The molecule has 0 saturated carbocycles. The summed E-state index contributed by atoms with van der Waals surface area (Å²) in [6, 6.07) is 8.89. The van der Waals surface area contributed by atoms with E-state index in [1.165, 1.54) is 7.11 Å². The van der Waals surface area contributed by atoms with Crippen molar-refractivity contribution in [3.8, 4) is 23.6 Å². The first-order chi connectivity index (χ1) is 7.31. The van der Waals surface area contributed by atoms with E-state index in [0.717, 1.165) is 0 Å². The van der Waals surface area contributed by atoms with Crippen molar-refractivity contribution in [3.63, 3.8) is 0 Å². The van der Waals surface area contributed by atoms with E-state index in [9.17, 15) is 0 Å². The highest BCUT2D eigenvalue weighted by Gasteiger charge is 2.04. The Labute approximate surface area is 88.3 Å². The molecule has 1 aromatic carbocycles. The molecule has 76 valence electrons. The summed E-state index contributed by atoms with van der Waals surface area (Å²) >= 11 is 0. The number of benzene rings is 1. The van der Waals surface area contributed by atoms with E-state index in [1.54, 1.807) is 18.2 Å². The van der Waals surface area contributed by atoms with E-state index in [1.807, 2.05) is 12.1 Å². The first-order valence-corrected chi connectivity index (χ1v) is 4.39. The molecule has 0 spiro atoms. The van der Waals surface area contributed by atoms with E-state index in [-0.39, 0.29) is 0 Å². The quantitative estimate of drug-likeness (QED) is 0.699. The van der Waals surface area contributed by atoms with Gasteiger partial charge in [0.15, 0.2) is 11.5 Å². The molecule has 4 heteroatoms. The SMILES string of the molecule is COc1cc(C#N)ccc1OCCC#N. The van der Waals surface area contributed by atoms with Gasteiger partial charge in [0.25, 0.3) is 0 Å². The molecule has 15 heavy (non-hydrogen) atoms. The second kappa shape index (κ2) is 5.51. The van der Waals surface area contributed by atoms with E-state index in [2.05, 4.69) is 0 Å². The minimum atomic E-state index is 0.318. The molecule has 0 fully saturated rings. The van der Waals surface area contributed by atoms with Crippen molar-refractivity contribution in [1.82, 2.24) is 0 Å². The van der Waals surface area contributed by atoms with Crippen LogP contribution >= 0.6 is 0 Å². The Hall–Kier alpha value is -2.20. The van der Waals surface area contributed by atoms with Gasteiger partial charge in [-0.25, -0.2) is 0 Å². The van der Waals surface area contributed by atoms with Gasteiger partial charge in [0.05, 0.1) is 31.2 Å². The molecule has 0 atom stereocenters. The fourth-order valence-corrected chi connectivity index (χ4v) is 1.06. The first kappa shape index (κ1) is 10.9. The van der Waals surface area contributed by atoms with Crippen molar-refractivity contribution >= 4 is 0 Å². The van der Waals surface area contributed by atoms with Gasteiger partial charge in [-0.3, -0.25) is 0 Å². The lowest BCUT2D eigenvalue weighted by atomic mass is 10.2. The molecule has 0 saturated heterocycles. The van der Waals surface area contributed by atoms with Crippen LogP contribution in [-0.4, -0.2) is 13.7 Å². The minimum absolute atomic E-state index is 0.318. The number of nitriles is 2. The third kappa shape index (κ3) is 2.89. The predicted molar refractivity (Wildman–Crippen MR) is 53.4 cm³/mol. The zero-order valence-corrected chi connectivity index (χ0v) is 8.36. The molecule has 0 N–H and O–H groups in total. The first-order valence-electron chi connectivity index (χ1n) is 4.39. The lowest BCUT2D eigenvalue weighted by Crippen LogP contribution is -1.98. The molecule has 4 nitrogen and oxygen atoms in total. The van der Waals surface area contributed by atoms with Crippen LogP contribution in [0.4, 0.5) is 0 Å². The normalized spacial score (nSPS) is 8.73. The fraction of sp³-hybridized carbons (Fsp3) is 0.273. The highest BCUT2D eigenvalue weighted by Crippen LogP contribution is 2.27. The van der Waals surface area contributed by atoms with Crippen LogP contribution in [0.15, 0.2) is 18.2 Å². The van der Waals surface area contributed by atoms with E-state index >= 15 is 0 Å². The largest absolute Gasteiger partial charge is 0.493 e. The van der Waals surface area contributed by atoms with Gasteiger partial charge in [0.1, 0.15) is 6.61 Å². The second-order valence-corrected chi connectivity index (χ2v) is 2.73. The highest BCUT2D eigenvalue weighted by atomic mass is 16.5. The third-order valence-corrected chi connectivity index (χ3v) is 1.76. The number of hydrogen-bond acceptors (Lipinski definition) is 4. The summed E-state index contributed by atoms with van der Waals surface area (Å²) in [5.41, 5.74) is 0.513. The molecule has 0 radical (unpaired) electrons. The van der Waals surface area contributed by atoms with Crippen LogP contribution in [0.1, 0.15) is 12.0 Å². The molecule has 0 aliphatic rings. The Morgan fingerprint density at radius 2 is 2.07 bits per heavy atom. The lowest BCUT2D eigenvalue weighted by Gasteiger charge is -2.09. The second-order valence-electron chi connectivity index (χ2n) is 2.73. The maximum atomic E-state index is 8.67. The zero-order chi connectivity index (χ0) is 11.1. The van der Waals surface area contributed by atoms with Gasteiger partial charge in [-0.1, -0.05) is 0 Å². The molecular weight excluding hydrogens is 192 g/mol. The van der Waals surface area contributed by atoms with Gasteiger partial charge in [0.2, 0.25) is 0 Å². The van der Waals surface area contributed by atoms with E-state index < -0.39 is 0 Å². The zero-order valence-electron chi connectivity index (χ0n) is 8.36. The molecule has 1 rings (SSSR count). The Kier molecular flexibility index (Phi) is 4.00. The molecule has 0 unspecified atom stereocenters. The van der Waals surface area contributed by atoms with E-state index in [0.29, 0.717) is 30.1 Å². The molecular formula is C11H10N2O2. The smallest absolute Gasteiger partial charge is 0.162 e. The topological polar surface area (TPSA) is 66.0 Å². The van der Waals surface area contributed by atoms with Gasteiger partial charge in [0, 0.05) is 6.07 Å². The maximum absolute atomic E-state index is 8.67. The third-order valence-electron chi connectivity index (χ3n) is 1.76. The number of methoxy groups -OCH3 is 1. The number of hydrogen-bond donors (Lipinski definition) is 0. The van der Waals surface area contributed by atoms with Crippen LogP contribution in [-0.2, 0) is 0 Å². The Bertz CT molecular complexity index is 416. The van der Waals surface area contributed by atoms with Crippen molar-refractivity contribution in [2.45, 2.75) is 6.42 Å². The van der Waals surface area contributed by atoms with Crippen LogP contribution in [0.2, 0.25) is 0 Å². The summed E-state index contributed by atoms with van der Waals surface area (Å²) in [4.78, 5) is 0. The summed E-state index contributed by atoms with van der Waals surface area (Å²) in [5, 5.41) is 17.0. The van der Waals surface area contributed by atoms with Crippen molar-refractivity contribution in [2.75, 3.05) is 13.7 Å². The van der Waals surface area contributed by atoms with Gasteiger partial charge >= 0.3 is 0 Å². The summed E-state index contributed by atoms with van der Waals surface area (Å²) in [5.74, 6) is 1.05. The van der Waals surface area contributed by atoms with Gasteiger partial charge in [-0.2, -0.15) is 10.5 Å². The Balaban J connectivity index is 2.80. The molecule has 0 aromatic heterocycles. The van der Waals surface area contributed by atoms with Crippen molar-refractivity contribution in [1.29, 1.82) is 10.5 Å². The van der Waals surface area contributed by atoms with Gasteiger partial charge in [-0.15, -0.1) is 0 Å². The average molecular weight is 202 g/mol. The summed E-state index contributed by atoms with van der Waals surface area (Å²) < 4.78 is 10.4. The van der Waals surface area contributed by atoms with Gasteiger partial charge < -0.3 is 9.47 Å². The minimum Gasteiger partial charge on any atom is -0.493 e. The summed E-state index contributed by atoms with van der Waals surface area (Å²) in [6.07, 6.45) is 0.323. The van der Waals surface area contributed by atoms with Crippen molar-refractivity contribution < 1.29 is 9.47 Å². The number of rotatable bonds is 4. The Morgan fingerprint density at radius 1 is 1.27 bits per heavy atom. The Morgan fingerprint density at radius 3 is 2.67 bits per heavy atom. The fourth-order valence-electron chi connectivity index (χ4n) is 1.06. The molecule has 0 amide bonds. The standard InChI is InChI=1S/C11H10N2O2/c1-14-11-7-9(8-13)3-4-10(11)15-6-2-5-12/h3-4,7H,2,6H2,1H3. The maximum Gasteiger partial charge on any atom is 0.162 e. The predicted octanol–water partition coefficient (Wildman–Crippen LogP) is 1.86. The molecule has 0 bridgehead atoms. The van der Waals surface area contributed by atoms with Crippen molar-refractivity contribution in [3.05, 3.63) is 23.8 Å². The number of nitrogens with zero attached hydrogens (tertiary/aromatic N) is 2. The van der Waals surface area contributed by atoms with Crippen LogP contribution in [0, 0.1) is 22.7 Å². The van der Waals surface area contributed by atoms with Crippen LogP contribution in [0.3, 0.4) is 0 Å². The lowest BCUT2D eigenvalue weighted by molar-refractivity contribution is 0.301. The molecule has 1 aromatic rings. The summed E-state index contributed by atoms with van der Waals surface area (Å²) in [6.45, 7) is 0.318. The average Bonchev–Trinajstić information content (AvgIpc) is 2.29. The summed E-state index contributed by atoms with van der Waals surface area (Å²) in [7, 11) is 1.51. The number of ether oxygens (including phenoxy) is 2. The van der Waals surface area contributed by atoms with Gasteiger partial charge in [-0.05, 0) is 12.1 Å². The van der Waals surface area contributed by atoms with Crippen LogP contribution in [0.5, 0.6) is 11.5 Å². The van der Waals surface area contributed by atoms with Crippen LogP contribution < -0.4 is 9.47 Å². The highest BCUT2D eigenvalue weighted by molar-refractivity contribution is 5.46.